The van der Waals surface area contributed by atoms with Crippen LogP contribution in [0.15, 0.2) is 42.5 Å². The first-order valence-electron chi connectivity index (χ1n) is 9.99. The molecule has 4 N–H and O–H groups in total. The summed E-state index contributed by atoms with van der Waals surface area (Å²) in [5, 5.41) is 5.80. The lowest BCUT2D eigenvalue weighted by molar-refractivity contribution is -1.00. The number of anilines is 2. The first kappa shape index (κ1) is 21.0. The van der Waals surface area contributed by atoms with Gasteiger partial charge in [0.15, 0.2) is 13.1 Å². The van der Waals surface area contributed by atoms with Gasteiger partial charge in [-0.1, -0.05) is 17.7 Å². The highest BCUT2D eigenvalue weighted by molar-refractivity contribution is 5.92. The molecule has 1 saturated heterocycles. The van der Waals surface area contributed by atoms with Crippen molar-refractivity contribution in [3.8, 4) is 0 Å². The molecular weight excluding hydrogens is 371 g/mol. The smallest absolute Gasteiger partial charge is 0.279 e. The van der Waals surface area contributed by atoms with E-state index in [2.05, 4.69) is 16.7 Å². The van der Waals surface area contributed by atoms with Crippen molar-refractivity contribution in [1.82, 2.24) is 0 Å². The normalized spacial score (nSPS) is 18.9. The van der Waals surface area contributed by atoms with E-state index in [1.54, 1.807) is 12.1 Å². The quantitative estimate of drug-likeness (QED) is 0.543. The molecule has 0 aliphatic carbocycles. The fourth-order valence-electron chi connectivity index (χ4n) is 3.65. The Morgan fingerprint density at radius 3 is 1.97 bits per heavy atom. The maximum atomic E-state index is 12.9. The Bertz CT molecular complexity index is 862. The van der Waals surface area contributed by atoms with Gasteiger partial charge in [-0.3, -0.25) is 9.59 Å². The van der Waals surface area contributed by atoms with Gasteiger partial charge in [-0.15, -0.1) is 0 Å². The zero-order chi connectivity index (χ0) is 20.8. The summed E-state index contributed by atoms with van der Waals surface area (Å²) in [5.74, 6) is -0.388. The summed E-state index contributed by atoms with van der Waals surface area (Å²) < 4.78 is 12.9. The molecule has 2 amide bonds. The molecule has 0 bridgehead atoms. The zero-order valence-electron chi connectivity index (χ0n) is 17.0. The number of carbonyl (C=O) groups excluding carboxylic acids is 2. The monoisotopic (exact) mass is 400 g/mol. The van der Waals surface area contributed by atoms with E-state index in [1.807, 2.05) is 26.0 Å². The van der Waals surface area contributed by atoms with Gasteiger partial charge in [-0.2, -0.15) is 0 Å². The predicted octanol–water partition coefficient (Wildman–Crippen LogP) is -0.197. The van der Waals surface area contributed by atoms with Gasteiger partial charge in [0.05, 0.1) is 0 Å². The maximum Gasteiger partial charge on any atom is 0.279 e. The number of carbonyl (C=O) groups is 2. The van der Waals surface area contributed by atoms with Crippen molar-refractivity contribution in [3.05, 3.63) is 59.4 Å². The van der Waals surface area contributed by atoms with Gasteiger partial charge in [0.1, 0.15) is 32.0 Å². The molecule has 3 rings (SSSR count). The summed E-state index contributed by atoms with van der Waals surface area (Å²) in [6.07, 6.45) is 0. The molecule has 0 radical (unpaired) electrons. The summed E-state index contributed by atoms with van der Waals surface area (Å²) in [7, 11) is 0. The van der Waals surface area contributed by atoms with Crippen LogP contribution < -0.4 is 20.4 Å². The van der Waals surface area contributed by atoms with Crippen molar-refractivity contribution in [3.63, 3.8) is 0 Å². The molecule has 0 atom stereocenters. The molecular formula is C22H29FN4O2+2. The van der Waals surface area contributed by atoms with Crippen molar-refractivity contribution in [2.24, 2.45) is 0 Å². The van der Waals surface area contributed by atoms with Gasteiger partial charge in [0.2, 0.25) is 0 Å². The number of halogens is 1. The summed E-state index contributed by atoms with van der Waals surface area (Å²) in [6, 6.07) is 11.8. The number of amides is 2. The van der Waals surface area contributed by atoms with Crippen molar-refractivity contribution >= 4 is 23.2 Å². The predicted molar refractivity (Wildman–Crippen MR) is 111 cm³/mol. The molecule has 2 aromatic carbocycles. The second-order valence-corrected chi connectivity index (χ2v) is 7.78. The van der Waals surface area contributed by atoms with Crippen LogP contribution in [0.1, 0.15) is 11.1 Å². The first-order valence-corrected chi connectivity index (χ1v) is 9.99. The number of nitrogens with one attached hydrogen (secondary N) is 4. The van der Waals surface area contributed by atoms with Crippen LogP contribution in [0.3, 0.4) is 0 Å². The second kappa shape index (κ2) is 9.62. The molecule has 6 nitrogen and oxygen atoms in total. The Labute approximate surface area is 170 Å². The lowest BCUT2D eigenvalue weighted by Crippen LogP contribution is -3.28. The van der Waals surface area contributed by atoms with E-state index in [9.17, 15) is 14.0 Å². The molecule has 0 unspecified atom stereocenters. The third kappa shape index (κ3) is 6.37. The summed E-state index contributed by atoms with van der Waals surface area (Å²) in [5.41, 5.74) is 3.70. The summed E-state index contributed by atoms with van der Waals surface area (Å²) in [4.78, 5) is 27.0. The standard InChI is InChI=1S/C22H27FN4O2/c1-16-3-8-20(17(2)13-16)25-22(29)15-27-11-9-26(10-12-27)14-21(28)24-19-6-4-18(23)5-7-19/h3-8,13H,9-12,14-15H2,1-2H3,(H,24,28)(H,25,29)/p+2. The number of hydrogen-bond acceptors (Lipinski definition) is 2. The number of rotatable bonds is 6. The number of benzene rings is 2. The Hall–Kier alpha value is -2.77. The van der Waals surface area contributed by atoms with Gasteiger partial charge < -0.3 is 20.4 Å². The van der Waals surface area contributed by atoms with Crippen LogP contribution in [0.4, 0.5) is 15.8 Å². The number of quaternary nitrogens is 2. The first-order chi connectivity index (χ1) is 13.9. The van der Waals surface area contributed by atoms with Crippen molar-refractivity contribution < 1.29 is 23.8 Å². The molecule has 1 heterocycles. The van der Waals surface area contributed by atoms with Crippen LogP contribution in [0.25, 0.3) is 0 Å². The van der Waals surface area contributed by atoms with E-state index in [0.29, 0.717) is 18.8 Å². The van der Waals surface area contributed by atoms with E-state index >= 15 is 0 Å². The lowest BCUT2D eigenvalue weighted by Gasteiger charge is -2.29. The fraction of sp³-hybridized carbons (Fsp3) is 0.364. The average Bonchev–Trinajstić information content (AvgIpc) is 2.67. The highest BCUT2D eigenvalue weighted by Crippen LogP contribution is 2.15. The van der Waals surface area contributed by atoms with Crippen molar-refractivity contribution in [2.45, 2.75) is 13.8 Å². The van der Waals surface area contributed by atoms with Crippen LogP contribution in [0, 0.1) is 19.7 Å². The molecule has 0 spiro atoms. The van der Waals surface area contributed by atoms with E-state index in [-0.39, 0.29) is 17.6 Å². The van der Waals surface area contributed by atoms with E-state index < -0.39 is 0 Å². The molecule has 7 heteroatoms. The molecule has 0 aromatic heterocycles. The highest BCUT2D eigenvalue weighted by atomic mass is 19.1. The van der Waals surface area contributed by atoms with Gasteiger partial charge >= 0.3 is 0 Å². The van der Waals surface area contributed by atoms with E-state index in [1.165, 1.54) is 27.5 Å². The van der Waals surface area contributed by atoms with E-state index in [0.717, 1.165) is 37.4 Å². The molecule has 1 aliphatic rings. The Morgan fingerprint density at radius 1 is 0.862 bits per heavy atom. The van der Waals surface area contributed by atoms with E-state index in [4.69, 9.17) is 0 Å². The largest absolute Gasteiger partial charge is 0.321 e. The average molecular weight is 400 g/mol. The Balaban J connectivity index is 1.40. The van der Waals surface area contributed by atoms with Gasteiger partial charge in [-0.05, 0) is 49.7 Å². The minimum atomic E-state index is -0.325. The summed E-state index contributed by atoms with van der Waals surface area (Å²) >= 11 is 0. The van der Waals surface area contributed by atoms with Gasteiger partial charge in [-0.25, -0.2) is 4.39 Å². The van der Waals surface area contributed by atoms with Crippen LogP contribution >= 0.6 is 0 Å². The van der Waals surface area contributed by atoms with Gasteiger partial charge in [0.25, 0.3) is 11.8 Å². The third-order valence-corrected chi connectivity index (χ3v) is 5.27. The number of aryl methyl sites for hydroxylation is 2. The molecule has 29 heavy (non-hydrogen) atoms. The Morgan fingerprint density at radius 2 is 1.41 bits per heavy atom. The SMILES string of the molecule is Cc1ccc(NC(=O)C[NH+]2CC[NH+](CC(=O)Nc3ccc(F)cc3)CC2)c(C)c1. The molecule has 0 saturated carbocycles. The van der Waals surface area contributed by atoms with Crippen LogP contribution in [0.2, 0.25) is 0 Å². The fourth-order valence-corrected chi connectivity index (χ4v) is 3.65. The van der Waals surface area contributed by atoms with Crippen molar-refractivity contribution in [2.75, 3.05) is 49.9 Å². The summed E-state index contributed by atoms with van der Waals surface area (Å²) in [6.45, 7) is 8.20. The van der Waals surface area contributed by atoms with Crippen LogP contribution in [0.5, 0.6) is 0 Å². The highest BCUT2D eigenvalue weighted by Gasteiger charge is 2.26. The van der Waals surface area contributed by atoms with Crippen LogP contribution in [-0.4, -0.2) is 51.1 Å². The lowest BCUT2D eigenvalue weighted by atomic mass is 10.1. The minimum absolute atomic E-state index is 0.0180. The van der Waals surface area contributed by atoms with Crippen LogP contribution in [-0.2, 0) is 9.59 Å². The maximum absolute atomic E-state index is 12.9. The third-order valence-electron chi connectivity index (χ3n) is 5.27. The molecule has 1 aliphatic heterocycles. The Kier molecular flexibility index (Phi) is 6.95. The zero-order valence-corrected chi connectivity index (χ0v) is 17.0. The molecule has 1 fully saturated rings. The molecule has 2 aromatic rings. The second-order valence-electron chi connectivity index (χ2n) is 7.78. The number of piperazine rings is 1. The van der Waals surface area contributed by atoms with Gasteiger partial charge in [0, 0.05) is 11.4 Å². The topological polar surface area (TPSA) is 67.1 Å². The van der Waals surface area contributed by atoms with Crippen molar-refractivity contribution in [1.29, 1.82) is 0 Å². The minimum Gasteiger partial charge on any atom is -0.321 e. The molecule has 154 valence electrons. The number of hydrogen-bond donors (Lipinski definition) is 4.